The van der Waals surface area contributed by atoms with Gasteiger partial charge in [-0.25, -0.2) is 0 Å². The minimum atomic E-state index is 0.248. The summed E-state index contributed by atoms with van der Waals surface area (Å²) in [6.45, 7) is 7.91. The summed E-state index contributed by atoms with van der Waals surface area (Å²) in [4.78, 5) is 7.61. The second-order valence-corrected chi connectivity index (χ2v) is 10.4. The number of nitrogens with one attached hydrogen (secondary N) is 1. The van der Waals surface area contributed by atoms with Gasteiger partial charge in [0.1, 0.15) is 0 Å². The molecule has 5 nitrogen and oxygen atoms in total. The highest BCUT2D eigenvalue weighted by Crippen LogP contribution is 2.41. The Morgan fingerprint density at radius 1 is 1.06 bits per heavy atom. The molecule has 0 spiro atoms. The van der Waals surface area contributed by atoms with Crippen LogP contribution in [0.1, 0.15) is 43.5 Å². The van der Waals surface area contributed by atoms with Crippen LogP contribution in [-0.2, 0) is 19.4 Å². The minimum Gasteiger partial charge on any atom is -0.493 e. The van der Waals surface area contributed by atoms with Crippen LogP contribution in [0, 0.1) is 5.41 Å². The van der Waals surface area contributed by atoms with Crippen molar-refractivity contribution < 1.29 is 9.47 Å². The molecule has 5 heteroatoms. The lowest BCUT2D eigenvalue weighted by atomic mass is 9.81. The van der Waals surface area contributed by atoms with Crippen LogP contribution in [0.3, 0.4) is 0 Å². The maximum Gasteiger partial charge on any atom is 0.162 e. The molecule has 1 atom stereocenters. The van der Waals surface area contributed by atoms with Crippen molar-refractivity contribution in [2.24, 2.45) is 5.41 Å². The zero-order valence-corrected chi connectivity index (χ0v) is 20.3. The van der Waals surface area contributed by atoms with Crippen molar-refractivity contribution in [3.05, 3.63) is 59.3 Å². The van der Waals surface area contributed by atoms with Crippen LogP contribution >= 0.6 is 0 Å². The highest BCUT2D eigenvalue weighted by molar-refractivity contribution is 5.96. The normalized spacial score (nSPS) is 19.9. The van der Waals surface area contributed by atoms with Crippen molar-refractivity contribution in [1.29, 1.82) is 0 Å². The van der Waals surface area contributed by atoms with Crippen LogP contribution in [0.25, 0.3) is 10.9 Å². The number of aromatic nitrogens is 1. The predicted molar refractivity (Wildman–Crippen MR) is 134 cm³/mol. The Morgan fingerprint density at radius 2 is 1.82 bits per heavy atom. The predicted octanol–water partition coefficient (Wildman–Crippen LogP) is 5.45. The average molecular weight is 446 g/mol. The van der Waals surface area contributed by atoms with E-state index < -0.39 is 0 Å². The number of benzene rings is 2. The van der Waals surface area contributed by atoms with E-state index in [1.807, 2.05) is 6.07 Å². The van der Waals surface area contributed by atoms with Gasteiger partial charge in [0, 0.05) is 48.5 Å². The standard InChI is InChI=1S/C28H35N3O2/c1-28(2)15-20(17-31(18-28)16-19-9-6-5-7-10-19)29-27-21-11-8-12-23(21)30-24-14-26(33-4)25(32-3)13-22(24)27/h5-7,9-10,13-14,20H,8,11-12,15-18H2,1-4H3,(H,29,30). The van der Waals surface area contributed by atoms with Crippen LogP contribution in [0.2, 0.25) is 0 Å². The van der Waals surface area contributed by atoms with Crippen molar-refractivity contribution in [2.45, 2.75) is 52.1 Å². The maximum atomic E-state index is 5.64. The number of hydrogen-bond donors (Lipinski definition) is 1. The number of pyridine rings is 1. The lowest BCUT2D eigenvalue weighted by molar-refractivity contribution is 0.102. The van der Waals surface area contributed by atoms with E-state index in [0.717, 1.165) is 67.7 Å². The van der Waals surface area contributed by atoms with Gasteiger partial charge in [0.15, 0.2) is 11.5 Å². The van der Waals surface area contributed by atoms with E-state index in [1.165, 1.54) is 22.5 Å². The van der Waals surface area contributed by atoms with E-state index in [9.17, 15) is 0 Å². The third-order valence-electron chi connectivity index (χ3n) is 7.04. The zero-order valence-electron chi connectivity index (χ0n) is 20.3. The molecular formula is C28H35N3O2. The summed E-state index contributed by atoms with van der Waals surface area (Å²) in [5, 5.41) is 5.14. The summed E-state index contributed by atoms with van der Waals surface area (Å²) < 4.78 is 11.2. The first-order chi connectivity index (χ1) is 16.0. The first-order valence-corrected chi connectivity index (χ1v) is 12.1. The Bertz CT molecular complexity index is 1140. The van der Waals surface area contributed by atoms with E-state index in [0.29, 0.717) is 6.04 Å². The first-order valence-electron chi connectivity index (χ1n) is 12.1. The molecule has 0 radical (unpaired) electrons. The van der Waals surface area contributed by atoms with Crippen LogP contribution < -0.4 is 14.8 Å². The van der Waals surface area contributed by atoms with Crippen LogP contribution in [0.4, 0.5) is 5.69 Å². The number of fused-ring (bicyclic) bond motifs is 2. The second-order valence-electron chi connectivity index (χ2n) is 10.4. The molecule has 0 saturated carbocycles. The first kappa shape index (κ1) is 22.0. The summed E-state index contributed by atoms with van der Waals surface area (Å²) >= 11 is 0. The van der Waals surface area contributed by atoms with Gasteiger partial charge in [-0.3, -0.25) is 9.88 Å². The van der Waals surface area contributed by atoms with Crippen LogP contribution in [-0.4, -0.2) is 43.2 Å². The molecule has 1 saturated heterocycles. The largest absolute Gasteiger partial charge is 0.493 e. The highest BCUT2D eigenvalue weighted by atomic mass is 16.5. The third-order valence-corrected chi connectivity index (χ3v) is 7.04. The van der Waals surface area contributed by atoms with Gasteiger partial charge in [0.25, 0.3) is 0 Å². The molecule has 1 aliphatic carbocycles. The number of rotatable bonds is 6. The zero-order chi connectivity index (χ0) is 23.0. The minimum absolute atomic E-state index is 0.248. The molecule has 2 aliphatic rings. The molecular weight excluding hydrogens is 410 g/mol. The van der Waals surface area contributed by atoms with E-state index in [4.69, 9.17) is 14.5 Å². The smallest absolute Gasteiger partial charge is 0.162 e. The number of aryl methyl sites for hydroxylation is 1. The Labute approximate surface area is 197 Å². The summed E-state index contributed by atoms with van der Waals surface area (Å²) in [6.07, 6.45) is 4.44. The van der Waals surface area contributed by atoms with Gasteiger partial charge in [-0.2, -0.15) is 0 Å². The van der Waals surface area contributed by atoms with Crippen molar-refractivity contribution >= 4 is 16.6 Å². The van der Waals surface area contributed by atoms with Gasteiger partial charge in [-0.15, -0.1) is 0 Å². The number of methoxy groups -OCH3 is 2. The fraction of sp³-hybridized carbons (Fsp3) is 0.464. The molecule has 1 fully saturated rings. The fourth-order valence-corrected chi connectivity index (χ4v) is 5.79. The molecule has 1 aliphatic heterocycles. The fourth-order valence-electron chi connectivity index (χ4n) is 5.79. The molecule has 33 heavy (non-hydrogen) atoms. The molecule has 5 rings (SSSR count). The molecule has 0 bridgehead atoms. The van der Waals surface area contributed by atoms with Gasteiger partial charge in [-0.1, -0.05) is 44.2 Å². The van der Waals surface area contributed by atoms with Crippen molar-refractivity contribution in [2.75, 3.05) is 32.6 Å². The molecule has 174 valence electrons. The summed E-state index contributed by atoms with van der Waals surface area (Å²) in [5.74, 6) is 1.48. The van der Waals surface area contributed by atoms with Gasteiger partial charge in [-0.05, 0) is 48.3 Å². The number of anilines is 1. The molecule has 3 aromatic rings. The molecule has 2 aromatic carbocycles. The topological polar surface area (TPSA) is 46.6 Å². The quantitative estimate of drug-likeness (QED) is 0.546. The van der Waals surface area contributed by atoms with E-state index in [1.54, 1.807) is 14.2 Å². The summed E-state index contributed by atoms with van der Waals surface area (Å²) in [6, 6.07) is 15.3. The van der Waals surface area contributed by atoms with E-state index in [-0.39, 0.29) is 5.41 Å². The molecule has 1 unspecified atom stereocenters. The van der Waals surface area contributed by atoms with Gasteiger partial charge < -0.3 is 14.8 Å². The lowest BCUT2D eigenvalue weighted by Crippen LogP contribution is -2.49. The van der Waals surface area contributed by atoms with Crippen LogP contribution in [0.15, 0.2) is 42.5 Å². The van der Waals surface area contributed by atoms with Crippen molar-refractivity contribution in [1.82, 2.24) is 9.88 Å². The third kappa shape index (κ3) is 4.51. The molecule has 0 amide bonds. The van der Waals surface area contributed by atoms with Gasteiger partial charge in [0.05, 0.1) is 19.7 Å². The number of piperidine rings is 1. The SMILES string of the molecule is COc1cc2nc3c(c(NC4CN(Cc5ccccc5)CC(C)(C)C4)c2cc1OC)CCC3. The summed E-state index contributed by atoms with van der Waals surface area (Å²) in [5.41, 5.74) is 6.46. The maximum absolute atomic E-state index is 5.64. The highest BCUT2D eigenvalue weighted by Gasteiger charge is 2.34. The Balaban J connectivity index is 1.49. The van der Waals surface area contributed by atoms with Gasteiger partial charge in [0.2, 0.25) is 0 Å². The second kappa shape index (κ2) is 8.86. The molecule has 2 heterocycles. The average Bonchev–Trinajstić information content (AvgIpc) is 3.26. The number of hydrogen-bond acceptors (Lipinski definition) is 5. The molecule has 1 aromatic heterocycles. The number of likely N-dealkylation sites (tertiary alicyclic amines) is 1. The van der Waals surface area contributed by atoms with E-state index >= 15 is 0 Å². The number of ether oxygens (including phenoxy) is 2. The van der Waals surface area contributed by atoms with Gasteiger partial charge >= 0.3 is 0 Å². The van der Waals surface area contributed by atoms with Crippen molar-refractivity contribution in [3.63, 3.8) is 0 Å². The van der Waals surface area contributed by atoms with E-state index in [2.05, 4.69) is 60.5 Å². The number of nitrogens with zero attached hydrogens (tertiary/aromatic N) is 2. The summed E-state index contributed by atoms with van der Waals surface area (Å²) in [7, 11) is 3.38. The Kier molecular flexibility index (Phi) is 5.92. The lowest BCUT2D eigenvalue weighted by Gasteiger charge is -2.43. The Hall–Kier alpha value is -2.79. The van der Waals surface area contributed by atoms with Crippen LogP contribution in [0.5, 0.6) is 11.5 Å². The van der Waals surface area contributed by atoms with Crippen molar-refractivity contribution in [3.8, 4) is 11.5 Å². The Morgan fingerprint density at radius 3 is 2.58 bits per heavy atom. The monoisotopic (exact) mass is 445 g/mol. The molecule has 1 N–H and O–H groups in total.